The zero-order valence-electron chi connectivity index (χ0n) is 10.6. The fourth-order valence-electron chi connectivity index (χ4n) is 1.59. The van der Waals surface area contributed by atoms with E-state index in [-0.39, 0.29) is 0 Å². The number of hydrazone groups is 1. The van der Waals surface area contributed by atoms with Gasteiger partial charge < -0.3 is 5.32 Å². The van der Waals surface area contributed by atoms with Gasteiger partial charge in [-0.2, -0.15) is 5.10 Å². The molecule has 0 spiro atoms. The molecule has 3 nitrogen and oxygen atoms in total. The van der Waals surface area contributed by atoms with Crippen molar-refractivity contribution in [2.75, 3.05) is 5.32 Å². The second-order valence-electron chi connectivity index (χ2n) is 4.10. The fraction of sp³-hybridized carbons (Fsp3) is 0.0667. The summed E-state index contributed by atoms with van der Waals surface area (Å²) in [6.07, 6.45) is 1.73. The summed E-state index contributed by atoms with van der Waals surface area (Å²) in [7, 11) is 0. The third-order valence-corrected chi connectivity index (χ3v) is 2.65. The summed E-state index contributed by atoms with van der Waals surface area (Å²) >= 11 is 5.16. The Kier molecular flexibility index (Phi) is 4.64. The van der Waals surface area contributed by atoms with Gasteiger partial charge in [0.2, 0.25) is 0 Å². The van der Waals surface area contributed by atoms with Crippen LogP contribution in [0.5, 0.6) is 0 Å². The van der Waals surface area contributed by atoms with Crippen LogP contribution in [0.1, 0.15) is 11.1 Å². The molecule has 2 rings (SSSR count). The number of aryl methyl sites for hydroxylation is 1. The van der Waals surface area contributed by atoms with Crippen molar-refractivity contribution >= 4 is 29.2 Å². The summed E-state index contributed by atoms with van der Waals surface area (Å²) in [6, 6.07) is 17.8. The standard InChI is InChI=1S/C15H15N3S/c1-12-6-5-9-14(10-12)17-15(19)18-16-11-13-7-3-2-4-8-13/h2-11H,1H3,(H2,17,18,19). The minimum atomic E-state index is 0.470. The topological polar surface area (TPSA) is 36.4 Å². The number of anilines is 1. The Hall–Kier alpha value is -2.20. The highest BCUT2D eigenvalue weighted by Crippen LogP contribution is 2.08. The second-order valence-corrected chi connectivity index (χ2v) is 4.51. The molecular weight excluding hydrogens is 254 g/mol. The molecule has 2 aromatic carbocycles. The summed E-state index contributed by atoms with van der Waals surface area (Å²) in [5, 5.41) is 7.63. The van der Waals surface area contributed by atoms with Crippen LogP contribution < -0.4 is 10.7 Å². The van der Waals surface area contributed by atoms with Crippen molar-refractivity contribution < 1.29 is 0 Å². The van der Waals surface area contributed by atoms with Gasteiger partial charge in [0.25, 0.3) is 0 Å². The number of thiocarbonyl (C=S) groups is 1. The SMILES string of the molecule is Cc1cccc(NC(=S)NN=Cc2ccccc2)c1. The monoisotopic (exact) mass is 269 g/mol. The zero-order chi connectivity index (χ0) is 13.5. The lowest BCUT2D eigenvalue weighted by atomic mass is 10.2. The average Bonchev–Trinajstić information content (AvgIpc) is 2.40. The predicted octanol–water partition coefficient (Wildman–Crippen LogP) is 3.32. The van der Waals surface area contributed by atoms with E-state index in [9.17, 15) is 0 Å². The first-order valence-corrected chi connectivity index (χ1v) is 6.36. The van der Waals surface area contributed by atoms with Gasteiger partial charge >= 0.3 is 0 Å². The lowest BCUT2D eigenvalue weighted by Gasteiger charge is -2.07. The minimum Gasteiger partial charge on any atom is -0.331 e. The Morgan fingerprint density at radius 2 is 1.89 bits per heavy atom. The van der Waals surface area contributed by atoms with Gasteiger partial charge in [-0.3, -0.25) is 5.43 Å². The van der Waals surface area contributed by atoms with E-state index in [0.717, 1.165) is 11.3 Å². The van der Waals surface area contributed by atoms with Gasteiger partial charge in [-0.1, -0.05) is 42.5 Å². The summed E-state index contributed by atoms with van der Waals surface area (Å²) < 4.78 is 0. The highest BCUT2D eigenvalue weighted by atomic mass is 32.1. The molecule has 0 atom stereocenters. The Balaban J connectivity index is 1.87. The molecule has 0 aromatic heterocycles. The van der Waals surface area contributed by atoms with Gasteiger partial charge in [0.1, 0.15) is 0 Å². The second kappa shape index (κ2) is 6.66. The molecule has 4 heteroatoms. The van der Waals surface area contributed by atoms with E-state index in [1.165, 1.54) is 5.56 Å². The van der Waals surface area contributed by atoms with Crippen molar-refractivity contribution in [1.82, 2.24) is 5.43 Å². The van der Waals surface area contributed by atoms with Crippen LogP contribution in [-0.4, -0.2) is 11.3 Å². The molecule has 0 heterocycles. The van der Waals surface area contributed by atoms with E-state index in [0.29, 0.717) is 5.11 Å². The minimum absolute atomic E-state index is 0.470. The van der Waals surface area contributed by atoms with Crippen LogP contribution in [0.15, 0.2) is 59.7 Å². The number of hydrogen-bond donors (Lipinski definition) is 2. The van der Waals surface area contributed by atoms with Crippen molar-refractivity contribution in [2.24, 2.45) is 5.10 Å². The van der Waals surface area contributed by atoms with E-state index in [1.807, 2.05) is 61.5 Å². The van der Waals surface area contributed by atoms with Crippen LogP contribution in [0.3, 0.4) is 0 Å². The van der Waals surface area contributed by atoms with Crippen molar-refractivity contribution in [3.8, 4) is 0 Å². The quantitative estimate of drug-likeness (QED) is 0.510. The molecule has 0 saturated heterocycles. The van der Waals surface area contributed by atoms with E-state index in [2.05, 4.69) is 15.8 Å². The highest BCUT2D eigenvalue weighted by molar-refractivity contribution is 7.80. The van der Waals surface area contributed by atoms with E-state index in [1.54, 1.807) is 6.21 Å². The van der Waals surface area contributed by atoms with Crippen molar-refractivity contribution in [1.29, 1.82) is 0 Å². The molecule has 0 aliphatic heterocycles. The van der Waals surface area contributed by atoms with Crippen molar-refractivity contribution in [3.05, 3.63) is 65.7 Å². The first-order valence-electron chi connectivity index (χ1n) is 5.96. The smallest absolute Gasteiger partial charge is 0.191 e. The van der Waals surface area contributed by atoms with E-state index in [4.69, 9.17) is 12.2 Å². The largest absolute Gasteiger partial charge is 0.331 e. The van der Waals surface area contributed by atoms with Gasteiger partial charge in [-0.25, -0.2) is 0 Å². The van der Waals surface area contributed by atoms with Crippen LogP contribution >= 0.6 is 12.2 Å². The third kappa shape index (κ3) is 4.52. The first kappa shape index (κ1) is 13.2. The van der Waals surface area contributed by atoms with Crippen LogP contribution in [0.2, 0.25) is 0 Å². The maximum atomic E-state index is 5.16. The highest BCUT2D eigenvalue weighted by Gasteiger charge is 1.95. The maximum Gasteiger partial charge on any atom is 0.191 e. The molecule has 0 aliphatic rings. The molecule has 2 N–H and O–H groups in total. The van der Waals surface area contributed by atoms with Crippen molar-refractivity contribution in [2.45, 2.75) is 6.92 Å². The summed E-state index contributed by atoms with van der Waals surface area (Å²) in [4.78, 5) is 0. The number of rotatable bonds is 3. The van der Waals surface area contributed by atoms with E-state index >= 15 is 0 Å². The molecular formula is C15H15N3S. The Morgan fingerprint density at radius 3 is 2.63 bits per heavy atom. The fourth-order valence-corrected chi connectivity index (χ4v) is 1.76. The normalized spacial score (nSPS) is 10.4. The Labute approximate surface area is 118 Å². The summed E-state index contributed by atoms with van der Waals surface area (Å²) in [6.45, 7) is 2.04. The maximum absolute atomic E-state index is 5.16. The molecule has 0 aliphatic carbocycles. The zero-order valence-corrected chi connectivity index (χ0v) is 11.4. The Morgan fingerprint density at radius 1 is 1.11 bits per heavy atom. The number of nitrogens with zero attached hydrogens (tertiary/aromatic N) is 1. The van der Waals surface area contributed by atoms with Crippen molar-refractivity contribution in [3.63, 3.8) is 0 Å². The average molecular weight is 269 g/mol. The van der Waals surface area contributed by atoms with Gasteiger partial charge in [0.15, 0.2) is 5.11 Å². The Bertz CT molecular complexity index is 579. The third-order valence-electron chi connectivity index (χ3n) is 2.46. The van der Waals surface area contributed by atoms with Crippen LogP contribution in [0.25, 0.3) is 0 Å². The number of benzene rings is 2. The molecule has 19 heavy (non-hydrogen) atoms. The molecule has 0 saturated carbocycles. The molecule has 0 bridgehead atoms. The van der Waals surface area contributed by atoms with Gasteiger partial charge in [0, 0.05) is 5.69 Å². The predicted molar refractivity (Wildman–Crippen MR) is 84.6 cm³/mol. The lowest BCUT2D eigenvalue weighted by molar-refractivity contribution is 1.05. The molecule has 0 unspecified atom stereocenters. The molecule has 0 radical (unpaired) electrons. The van der Waals surface area contributed by atoms with Gasteiger partial charge in [-0.15, -0.1) is 0 Å². The molecule has 0 amide bonds. The first-order chi connectivity index (χ1) is 9.24. The summed E-state index contributed by atoms with van der Waals surface area (Å²) in [5.41, 5.74) is 5.94. The van der Waals surface area contributed by atoms with Gasteiger partial charge in [0.05, 0.1) is 6.21 Å². The molecule has 2 aromatic rings. The lowest BCUT2D eigenvalue weighted by Crippen LogP contribution is -2.23. The summed E-state index contributed by atoms with van der Waals surface area (Å²) in [5.74, 6) is 0. The number of hydrogen-bond acceptors (Lipinski definition) is 2. The molecule has 0 fully saturated rings. The van der Waals surface area contributed by atoms with Crippen LogP contribution in [0, 0.1) is 6.92 Å². The van der Waals surface area contributed by atoms with Gasteiger partial charge in [-0.05, 0) is 42.4 Å². The van der Waals surface area contributed by atoms with E-state index < -0.39 is 0 Å². The van der Waals surface area contributed by atoms with Crippen LogP contribution in [0.4, 0.5) is 5.69 Å². The molecule has 96 valence electrons. The van der Waals surface area contributed by atoms with Crippen LogP contribution in [-0.2, 0) is 0 Å². The number of nitrogens with one attached hydrogen (secondary N) is 2.